The molecule has 15 nitrogen and oxygen atoms in total. The van der Waals surface area contributed by atoms with Gasteiger partial charge in [0.15, 0.2) is 0 Å². The summed E-state index contributed by atoms with van der Waals surface area (Å²) in [6, 6.07) is 17.7. The molecule has 0 aliphatic carbocycles. The third-order valence-corrected chi connectivity index (χ3v) is 13.6. The number of ether oxygens (including phenoxy) is 2. The van der Waals surface area contributed by atoms with Crippen molar-refractivity contribution in [3.8, 4) is 28.5 Å². The number of pyridine rings is 1. The fourth-order valence-corrected chi connectivity index (χ4v) is 10.1. The van der Waals surface area contributed by atoms with Crippen LogP contribution >= 0.6 is 0 Å². The number of aromatic nitrogens is 2. The van der Waals surface area contributed by atoms with E-state index in [2.05, 4.69) is 73.0 Å². The Kier molecular flexibility index (Phi) is 14.7. The number of rotatable bonds is 10. The van der Waals surface area contributed by atoms with Crippen molar-refractivity contribution in [2.24, 2.45) is 23.2 Å². The zero-order valence-electron chi connectivity index (χ0n) is 40.0. The molecule has 5 heterocycles. The molecule has 354 valence electrons. The third kappa shape index (κ3) is 10.0. The second kappa shape index (κ2) is 20.2. The average molecular weight is 913 g/mol. The van der Waals surface area contributed by atoms with E-state index in [0.717, 1.165) is 56.2 Å². The summed E-state index contributed by atoms with van der Waals surface area (Å²) in [7, 11) is 3.20. The largest absolute Gasteiger partial charge is 0.464 e. The Hall–Kier alpha value is -6.37. The van der Waals surface area contributed by atoms with Crippen molar-refractivity contribution in [3.63, 3.8) is 0 Å². The van der Waals surface area contributed by atoms with E-state index in [1.54, 1.807) is 13.3 Å². The Balaban J connectivity index is 1.29. The molecule has 2 N–H and O–H groups in total. The topological polar surface area (TPSA) is 179 Å². The molecular weight excluding hydrogens is 849 g/mol. The van der Waals surface area contributed by atoms with Crippen LogP contribution in [0.5, 0.6) is 0 Å². The lowest BCUT2D eigenvalue weighted by Crippen LogP contribution is -2.62. The van der Waals surface area contributed by atoms with E-state index in [-0.39, 0.29) is 38.1 Å². The number of nitrogens with one attached hydrogen (secondary N) is 2. The fraction of sp³-hybridized carbons (Fsp3) is 0.481. The van der Waals surface area contributed by atoms with E-state index < -0.39 is 65.0 Å². The second-order valence-corrected chi connectivity index (χ2v) is 19.3. The van der Waals surface area contributed by atoms with Crippen LogP contribution in [0, 0.1) is 34.5 Å². The number of fused-ring (bicyclic) bond motifs is 6. The van der Waals surface area contributed by atoms with E-state index >= 15 is 0 Å². The predicted octanol–water partition coefficient (Wildman–Crippen LogP) is 6.01. The summed E-state index contributed by atoms with van der Waals surface area (Å²) in [6.07, 6.45) is 4.32. The number of benzene rings is 2. The first-order valence-electron chi connectivity index (χ1n) is 23.3. The van der Waals surface area contributed by atoms with Crippen LogP contribution in [0.4, 0.5) is 0 Å². The zero-order chi connectivity index (χ0) is 48.3. The van der Waals surface area contributed by atoms with Gasteiger partial charge in [0, 0.05) is 74.8 Å². The normalized spacial score (nSPS) is 21.8. The molecule has 4 aromatic rings. The molecule has 2 fully saturated rings. The van der Waals surface area contributed by atoms with Gasteiger partial charge >= 0.3 is 5.97 Å². The van der Waals surface area contributed by atoms with Crippen LogP contribution in [0.15, 0.2) is 73.4 Å². The molecule has 0 unspecified atom stereocenters. The highest BCUT2D eigenvalue weighted by atomic mass is 16.5. The number of esters is 1. The molecule has 67 heavy (non-hydrogen) atoms. The van der Waals surface area contributed by atoms with Gasteiger partial charge in [0.1, 0.15) is 18.1 Å². The number of methoxy groups -OCH3 is 1. The number of nitriles is 1. The molecule has 4 amide bonds. The number of hydrogen-bond donors (Lipinski definition) is 2. The number of likely N-dealkylation sites (N-methyl/N-ethyl adjacent to an activating group) is 1. The highest BCUT2D eigenvalue weighted by molar-refractivity contribution is 5.96. The highest BCUT2D eigenvalue weighted by Crippen LogP contribution is 2.42. The van der Waals surface area contributed by atoms with E-state index in [9.17, 15) is 29.2 Å². The lowest BCUT2D eigenvalue weighted by atomic mass is 9.84. The Morgan fingerprint density at radius 3 is 2.57 bits per heavy atom. The third-order valence-electron chi connectivity index (χ3n) is 13.6. The lowest BCUT2D eigenvalue weighted by Gasteiger charge is -2.37. The molecule has 2 saturated heterocycles. The summed E-state index contributed by atoms with van der Waals surface area (Å²) in [6.45, 7) is 16.7. The van der Waals surface area contributed by atoms with Gasteiger partial charge in [-0.2, -0.15) is 5.26 Å². The van der Waals surface area contributed by atoms with Gasteiger partial charge in [0.25, 0.3) is 5.91 Å². The first kappa shape index (κ1) is 48.6. The Morgan fingerprint density at radius 1 is 1.10 bits per heavy atom. The van der Waals surface area contributed by atoms with Crippen LogP contribution in [0.3, 0.4) is 0 Å². The summed E-state index contributed by atoms with van der Waals surface area (Å²) in [4.78, 5) is 77.4. The van der Waals surface area contributed by atoms with Crippen molar-refractivity contribution < 1.29 is 33.4 Å². The zero-order valence-corrected chi connectivity index (χ0v) is 40.0. The number of nitrogens with zero attached hydrogens (tertiary/aromatic N) is 6. The van der Waals surface area contributed by atoms with Crippen LogP contribution in [-0.4, -0.2) is 112 Å². The minimum absolute atomic E-state index is 0.0246. The molecular formula is C52H64N8O7. The monoisotopic (exact) mass is 912 g/mol. The van der Waals surface area contributed by atoms with Crippen molar-refractivity contribution in [2.75, 3.05) is 40.4 Å². The highest BCUT2D eigenvalue weighted by Gasteiger charge is 2.44. The van der Waals surface area contributed by atoms with Crippen LogP contribution in [0.2, 0.25) is 0 Å². The quantitative estimate of drug-likeness (QED) is 0.141. The average Bonchev–Trinajstić information content (AvgIpc) is 3.90. The van der Waals surface area contributed by atoms with Crippen molar-refractivity contribution in [1.29, 1.82) is 5.26 Å². The van der Waals surface area contributed by atoms with Crippen LogP contribution in [0.25, 0.3) is 33.3 Å². The minimum Gasteiger partial charge on any atom is -0.464 e. The van der Waals surface area contributed by atoms with Gasteiger partial charge in [-0.3, -0.25) is 34.0 Å². The molecule has 3 aliphatic rings. The lowest BCUT2D eigenvalue weighted by molar-refractivity contribution is -0.155. The SMILES string of the molecule is C=CC(=O)N1C[C@@H](C#N)[C@H](C(=O)N(C)[C@H](C(=O)N[C@H]2Cc3cccc(c3)-c3ccc4c(c3)c(c(-c3cccnc3[C@H](C)OC)n4CC)CC(C)(C)COC(=O)[C@@H]3CCCN(N3)C2=O)C(C)C)C1. The number of hydrazine groups is 1. The van der Waals surface area contributed by atoms with E-state index in [4.69, 9.17) is 14.5 Å². The summed E-state index contributed by atoms with van der Waals surface area (Å²) >= 11 is 0. The maximum Gasteiger partial charge on any atom is 0.324 e. The maximum atomic E-state index is 14.7. The summed E-state index contributed by atoms with van der Waals surface area (Å²) in [5.74, 6) is -4.29. The van der Waals surface area contributed by atoms with Crippen molar-refractivity contribution in [1.82, 2.24) is 35.1 Å². The van der Waals surface area contributed by atoms with Crippen LogP contribution in [-0.2, 0) is 52.8 Å². The second-order valence-electron chi connectivity index (χ2n) is 19.3. The number of aryl methyl sites for hydroxylation is 1. The number of likely N-dealkylation sites (tertiary alicyclic amines) is 1. The van der Waals surface area contributed by atoms with Crippen molar-refractivity contribution in [3.05, 3.63) is 90.3 Å². The summed E-state index contributed by atoms with van der Waals surface area (Å²) in [5.41, 5.74) is 10.3. The van der Waals surface area contributed by atoms with Gasteiger partial charge in [-0.05, 0) is 91.6 Å². The molecule has 6 atom stereocenters. The predicted molar refractivity (Wildman–Crippen MR) is 254 cm³/mol. The van der Waals surface area contributed by atoms with Crippen molar-refractivity contribution in [2.45, 2.75) is 98.0 Å². The number of cyclic esters (lactones) is 1. The molecule has 0 saturated carbocycles. The molecule has 7 rings (SSSR count). The molecule has 0 radical (unpaired) electrons. The van der Waals surface area contributed by atoms with E-state index in [1.807, 2.05) is 51.1 Å². The molecule has 6 bridgehead atoms. The molecule has 2 aromatic heterocycles. The molecule has 3 aliphatic heterocycles. The smallest absolute Gasteiger partial charge is 0.324 e. The van der Waals surface area contributed by atoms with Crippen molar-refractivity contribution >= 4 is 40.5 Å². The number of amides is 4. The number of carbonyl (C=O) groups is 5. The number of carbonyl (C=O) groups excluding carboxylic acids is 5. The maximum absolute atomic E-state index is 14.7. The molecule has 0 spiro atoms. The standard InChI is InChI=1S/C52H64N8O7/c1-10-44(61)58-28-36(27-53)40(29-58)49(63)57(8)46(31(3)4)48(62)55-42-24-33-15-12-16-34(23-33)35-19-20-43-38(25-35)39(47(59(43)11-2)37-17-13-21-54-45(37)32(5)66-9)26-52(6,7)30-67-51(65)41-18-14-22-60(56-41)50(42)64/h10,12-13,15-17,19-21,23,25,31-32,36,40-42,46,56H,1,11,14,18,22,24,26,28-30H2,2-9H3,(H,55,62)/t32-,36+,40+,41-,42-,46-/m0/s1. The Labute approximate surface area is 393 Å². The fourth-order valence-electron chi connectivity index (χ4n) is 10.1. The van der Waals surface area contributed by atoms with Gasteiger partial charge in [-0.15, -0.1) is 0 Å². The first-order chi connectivity index (χ1) is 32.0. The summed E-state index contributed by atoms with van der Waals surface area (Å²) < 4.78 is 14.3. The Bertz CT molecular complexity index is 2600. The minimum atomic E-state index is -1.11. The van der Waals surface area contributed by atoms with Gasteiger partial charge in [0.2, 0.25) is 17.7 Å². The van der Waals surface area contributed by atoms with Crippen LogP contribution < -0.4 is 10.7 Å². The van der Waals surface area contributed by atoms with Gasteiger partial charge in [-0.25, -0.2) is 5.43 Å². The Morgan fingerprint density at radius 2 is 1.87 bits per heavy atom. The molecule has 15 heteroatoms. The van der Waals surface area contributed by atoms with E-state index in [1.165, 1.54) is 21.9 Å². The van der Waals surface area contributed by atoms with Gasteiger partial charge in [-0.1, -0.05) is 64.6 Å². The first-order valence-corrected chi connectivity index (χ1v) is 23.3. The summed E-state index contributed by atoms with van der Waals surface area (Å²) in [5, 5.41) is 15.4. The van der Waals surface area contributed by atoms with E-state index in [0.29, 0.717) is 32.4 Å². The van der Waals surface area contributed by atoms with Crippen LogP contribution in [0.1, 0.15) is 77.3 Å². The van der Waals surface area contributed by atoms with Gasteiger partial charge < -0.3 is 29.2 Å². The molecule has 2 aromatic carbocycles. The van der Waals surface area contributed by atoms with Gasteiger partial charge in [0.05, 0.1) is 42.0 Å². The number of hydrogen-bond acceptors (Lipinski definition) is 10.